The van der Waals surface area contributed by atoms with Crippen LogP contribution in [0.4, 0.5) is 0 Å². The molecule has 0 saturated heterocycles. The third kappa shape index (κ3) is 5.12. The second-order valence-electron chi connectivity index (χ2n) is 7.04. The summed E-state index contributed by atoms with van der Waals surface area (Å²) in [5.74, 6) is 0.242. The van der Waals surface area contributed by atoms with Gasteiger partial charge in [0.25, 0.3) is 0 Å². The summed E-state index contributed by atoms with van der Waals surface area (Å²) < 4.78 is 0. The van der Waals surface area contributed by atoms with E-state index in [1.54, 1.807) is 0 Å². The van der Waals surface area contributed by atoms with Crippen LogP contribution in [0.2, 0.25) is 38.8 Å². The van der Waals surface area contributed by atoms with Crippen molar-refractivity contribution in [3.8, 4) is 0 Å². The molecule has 0 aliphatic rings. The van der Waals surface area contributed by atoms with Gasteiger partial charge in [-0.25, -0.2) is 0 Å². The van der Waals surface area contributed by atoms with Crippen LogP contribution >= 0.6 is 0 Å². The van der Waals surface area contributed by atoms with Gasteiger partial charge in [0.15, 0.2) is 0 Å². The maximum Gasteiger partial charge on any atom is 0.0587 e. The summed E-state index contributed by atoms with van der Waals surface area (Å²) in [6.07, 6.45) is -0.134. The zero-order valence-corrected chi connectivity index (χ0v) is 14.0. The smallest absolute Gasteiger partial charge is 0.0587 e. The molecule has 0 unspecified atom stereocenters. The first-order valence-electron chi connectivity index (χ1n) is 6.33. The Morgan fingerprint density at radius 3 is 1.69 bits per heavy atom. The monoisotopic (exact) mass is 262 g/mol. The van der Waals surface area contributed by atoms with Gasteiger partial charge < -0.3 is 10.2 Å². The lowest BCUT2D eigenvalue weighted by molar-refractivity contribution is 0.0609. The molecular weight excluding hydrogens is 232 g/mol. The van der Waals surface area contributed by atoms with Crippen molar-refractivity contribution in [1.82, 2.24) is 0 Å². The van der Waals surface area contributed by atoms with Gasteiger partial charge in [0.2, 0.25) is 0 Å². The fourth-order valence-corrected chi connectivity index (χ4v) is 6.03. The van der Waals surface area contributed by atoms with Crippen LogP contribution in [-0.2, 0) is 0 Å². The summed E-state index contributed by atoms with van der Waals surface area (Å²) in [5, 5.41) is 19.8. The summed E-state index contributed by atoms with van der Waals surface area (Å²) in [5.41, 5.74) is 0. The number of hydrogen-bond acceptors (Lipinski definition) is 2. The van der Waals surface area contributed by atoms with Crippen LogP contribution in [0.1, 0.15) is 20.3 Å². The molecule has 0 spiro atoms. The fraction of sp³-hybridized carbons (Fsp3) is 1.00. The lowest BCUT2D eigenvalue weighted by Crippen LogP contribution is -2.54. The minimum absolute atomic E-state index is 0.242. The van der Waals surface area contributed by atoms with Crippen LogP contribution in [0.15, 0.2) is 0 Å². The maximum absolute atomic E-state index is 10.1. The highest BCUT2D eigenvalue weighted by atomic mass is 29.3. The van der Waals surface area contributed by atoms with E-state index in [1.165, 1.54) is 0 Å². The molecule has 0 aliphatic heterocycles. The molecule has 0 aliphatic carbocycles. The predicted octanol–water partition coefficient (Wildman–Crippen LogP) is 2.88. The lowest BCUT2D eigenvalue weighted by atomic mass is 10.0. The molecule has 0 aromatic rings. The van der Waals surface area contributed by atoms with Gasteiger partial charge >= 0.3 is 0 Å². The Morgan fingerprint density at radius 1 is 0.938 bits per heavy atom. The zero-order valence-electron chi connectivity index (χ0n) is 12.0. The second-order valence-corrected chi connectivity index (χ2v) is 24.3. The Balaban J connectivity index is 4.30. The molecule has 0 fully saturated rings. The number of hydrogen-bond donors (Lipinski definition) is 2. The largest absolute Gasteiger partial charge is 0.393 e. The van der Waals surface area contributed by atoms with Crippen molar-refractivity contribution in [3.05, 3.63) is 0 Å². The maximum atomic E-state index is 10.1. The molecule has 16 heavy (non-hydrogen) atoms. The van der Waals surface area contributed by atoms with E-state index in [0.717, 1.165) is 6.04 Å². The SMILES string of the molecule is CC(C)[C@H](O)C[C@@H](O)C[Si](C)(C)[Si](C)(C)C. The van der Waals surface area contributed by atoms with Crippen LogP contribution in [0.25, 0.3) is 0 Å². The van der Waals surface area contributed by atoms with Crippen molar-refractivity contribution in [2.24, 2.45) is 5.92 Å². The summed E-state index contributed by atoms with van der Waals surface area (Å²) in [6, 6.07) is 0.937. The minimum atomic E-state index is -1.29. The molecule has 0 aromatic heterocycles. The highest BCUT2D eigenvalue weighted by molar-refractivity contribution is 7.40. The van der Waals surface area contributed by atoms with Crippen molar-refractivity contribution in [1.29, 1.82) is 0 Å². The van der Waals surface area contributed by atoms with E-state index in [2.05, 4.69) is 32.7 Å². The molecule has 0 amide bonds. The van der Waals surface area contributed by atoms with E-state index in [1.807, 2.05) is 13.8 Å². The molecule has 0 radical (unpaired) electrons. The predicted molar refractivity (Wildman–Crippen MR) is 77.1 cm³/mol. The van der Waals surface area contributed by atoms with Gasteiger partial charge in [-0.1, -0.05) is 46.6 Å². The third-order valence-corrected chi connectivity index (χ3v) is 22.4. The normalized spacial score (nSPS) is 17.6. The first kappa shape index (κ1) is 16.4. The molecule has 2 atom stereocenters. The van der Waals surface area contributed by atoms with Crippen LogP contribution < -0.4 is 0 Å². The van der Waals surface area contributed by atoms with Gasteiger partial charge in [0.05, 0.1) is 12.2 Å². The second kappa shape index (κ2) is 5.80. The van der Waals surface area contributed by atoms with E-state index in [0.29, 0.717) is 6.42 Å². The molecule has 0 heterocycles. The molecule has 0 bridgehead atoms. The average Bonchev–Trinajstić information content (AvgIpc) is 1.99. The molecule has 4 heteroatoms. The summed E-state index contributed by atoms with van der Waals surface area (Å²) in [7, 11) is -2.42. The first-order chi connectivity index (χ1) is 6.97. The van der Waals surface area contributed by atoms with Crippen molar-refractivity contribution in [3.63, 3.8) is 0 Å². The van der Waals surface area contributed by atoms with E-state index in [-0.39, 0.29) is 18.1 Å². The number of aliphatic hydroxyl groups excluding tert-OH is 2. The van der Waals surface area contributed by atoms with Crippen molar-refractivity contribution < 1.29 is 10.2 Å². The van der Waals surface area contributed by atoms with Gasteiger partial charge in [-0.05, 0) is 18.4 Å². The van der Waals surface area contributed by atoms with Gasteiger partial charge in [-0.3, -0.25) is 0 Å². The minimum Gasteiger partial charge on any atom is -0.393 e. The Labute approximate surface area is 103 Å². The third-order valence-electron chi connectivity index (χ3n) is 4.06. The zero-order chi connectivity index (χ0) is 13.1. The van der Waals surface area contributed by atoms with Crippen LogP contribution in [0, 0.1) is 5.92 Å². The number of aliphatic hydroxyl groups is 2. The van der Waals surface area contributed by atoms with Crippen molar-refractivity contribution >= 4 is 15.2 Å². The molecular formula is C12H30O2Si2. The van der Waals surface area contributed by atoms with Crippen LogP contribution in [-0.4, -0.2) is 37.6 Å². The molecule has 0 aromatic carbocycles. The Bertz CT molecular complexity index is 210. The Hall–Kier alpha value is 0.354. The van der Waals surface area contributed by atoms with Crippen LogP contribution in [0.5, 0.6) is 0 Å². The van der Waals surface area contributed by atoms with Crippen molar-refractivity contribution in [2.45, 2.75) is 71.3 Å². The van der Waals surface area contributed by atoms with E-state index >= 15 is 0 Å². The molecule has 0 rings (SSSR count). The van der Waals surface area contributed by atoms with E-state index < -0.39 is 15.2 Å². The van der Waals surface area contributed by atoms with E-state index in [9.17, 15) is 10.2 Å². The van der Waals surface area contributed by atoms with Gasteiger partial charge in [0.1, 0.15) is 0 Å². The highest BCUT2D eigenvalue weighted by Crippen LogP contribution is 2.26. The lowest BCUT2D eigenvalue weighted by Gasteiger charge is -2.37. The Morgan fingerprint density at radius 2 is 1.38 bits per heavy atom. The molecule has 0 saturated carbocycles. The van der Waals surface area contributed by atoms with Crippen molar-refractivity contribution in [2.75, 3.05) is 0 Å². The van der Waals surface area contributed by atoms with Gasteiger partial charge in [-0.15, -0.1) is 0 Å². The Kier molecular flexibility index (Phi) is 5.93. The molecule has 2 nitrogen and oxygen atoms in total. The topological polar surface area (TPSA) is 40.5 Å². The van der Waals surface area contributed by atoms with Crippen LogP contribution in [0.3, 0.4) is 0 Å². The molecule has 98 valence electrons. The highest BCUT2D eigenvalue weighted by Gasteiger charge is 2.38. The fourth-order valence-electron chi connectivity index (χ4n) is 1.53. The average molecular weight is 263 g/mol. The first-order valence-corrected chi connectivity index (χ1v) is 14.0. The van der Waals surface area contributed by atoms with Gasteiger partial charge in [-0.2, -0.15) is 0 Å². The number of rotatable bonds is 6. The standard InChI is InChI=1S/C12H30O2Si2/c1-10(2)12(14)8-11(13)9-16(6,7)15(3,4)5/h10-14H,8-9H2,1-7H3/t11-,12-/m1/s1. The molecule has 2 N–H and O–H groups in total. The quantitative estimate of drug-likeness (QED) is 0.723. The summed E-state index contributed by atoms with van der Waals surface area (Å²) in [6.45, 7) is 15.9. The summed E-state index contributed by atoms with van der Waals surface area (Å²) in [4.78, 5) is 0. The summed E-state index contributed by atoms with van der Waals surface area (Å²) >= 11 is 0. The van der Waals surface area contributed by atoms with E-state index in [4.69, 9.17) is 0 Å². The van der Waals surface area contributed by atoms with Gasteiger partial charge in [0, 0.05) is 15.2 Å².